The molecule has 3 nitrogen and oxygen atoms in total. The molecule has 3 heteroatoms. The van der Waals surface area contributed by atoms with Crippen LogP contribution in [0.5, 0.6) is 5.75 Å². The Hall–Kier alpha value is -1.06. The van der Waals surface area contributed by atoms with E-state index < -0.39 is 0 Å². The van der Waals surface area contributed by atoms with Crippen molar-refractivity contribution in [1.29, 1.82) is 0 Å². The van der Waals surface area contributed by atoms with Gasteiger partial charge < -0.3 is 15.2 Å². The highest BCUT2D eigenvalue weighted by Crippen LogP contribution is 2.45. The average Bonchev–Trinajstić information content (AvgIpc) is 2.69. The van der Waals surface area contributed by atoms with Crippen molar-refractivity contribution < 1.29 is 9.84 Å². The van der Waals surface area contributed by atoms with Crippen LogP contribution in [0.3, 0.4) is 0 Å². The molecule has 1 aliphatic rings. The maximum Gasteiger partial charge on any atom is 0.120 e. The van der Waals surface area contributed by atoms with Crippen molar-refractivity contribution in [3.8, 4) is 5.75 Å². The second-order valence-corrected chi connectivity index (χ2v) is 5.65. The number of nitrogens with one attached hydrogen (secondary N) is 1. The van der Waals surface area contributed by atoms with Crippen LogP contribution < -0.4 is 5.32 Å². The van der Waals surface area contributed by atoms with E-state index in [0.29, 0.717) is 24.3 Å². The van der Waals surface area contributed by atoms with Crippen LogP contribution in [-0.2, 0) is 4.74 Å². The van der Waals surface area contributed by atoms with E-state index in [0.717, 1.165) is 18.6 Å². The van der Waals surface area contributed by atoms with Gasteiger partial charge in [-0.2, -0.15) is 0 Å². The third-order valence-corrected chi connectivity index (χ3v) is 3.97. The Morgan fingerprint density at radius 3 is 2.84 bits per heavy atom. The number of fused-ring (bicyclic) bond motifs is 1. The molecule has 0 spiro atoms. The van der Waals surface area contributed by atoms with Crippen molar-refractivity contribution in [3.05, 3.63) is 28.8 Å². The molecular weight excluding hydrogens is 238 g/mol. The summed E-state index contributed by atoms with van der Waals surface area (Å²) in [7, 11) is 0. The van der Waals surface area contributed by atoms with E-state index >= 15 is 0 Å². The molecule has 0 radical (unpaired) electrons. The lowest BCUT2D eigenvalue weighted by atomic mass is 9.97. The van der Waals surface area contributed by atoms with E-state index in [2.05, 4.69) is 26.1 Å². The molecule has 0 aliphatic heterocycles. The quantitative estimate of drug-likeness (QED) is 0.856. The summed E-state index contributed by atoms with van der Waals surface area (Å²) in [5, 5.41) is 13.7. The van der Waals surface area contributed by atoms with Gasteiger partial charge in [0.05, 0.1) is 6.61 Å². The van der Waals surface area contributed by atoms with Gasteiger partial charge in [-0.05, 0) is 50.3 Å². The van der Waals surface area contributed by atoms with Gasteiger partial charge in [0.25, 0.3) is 0 Å². The van der Waals surface area contributed by atoms with Crippen LogP contribution in [0.15, 0.2) is 12.1 Å². The molecule has 0 saturated carbocycles. The lowest BCUT2D eigenvalue weighted by Gasteiger charge is -2.21. The zero-order chi connectivity index (χ0) is 14.0. The number of aromatic hydroxyl groups is 1. The van der Waals surface area contributed by atoms with Crippen molar-refractivity contribution >= 4 is 0 Å². The van der Waals surface area contributed by atoms with Gasteiger partial charge in [-0.3, -0.25) is 0 Å². The monoisotopic (exact) mass is 263 g/mol. The van der Waals surface area contributed by atoms with Gasteiger partial charge in [-0.25, -0.2) is 0 Å². The van der Waals surface area contributed by atoms with E-state index in [4.69, 9.17) is 4.74 Å². The minimum Gasteiger partial charge on any atom is -0.508 e. The highest BCUT2D eigenvalue weighted by atomic mass is 16.5. The third kappa shape index (κ3) is 2.93. The Bertz CT molecular complexity index is 445. The van der Waals surface area contributed by atoms with E-state index in [-0.39, 0.29) is 6.04 Å². The van der Waals surface area contributed by atoms with Gasteiger partial charge in [-0.1, -0.05) is 13.0 Å². The maximum absolute atomic E-state index is 10.2. The molecule has 0 saturated heterocycles. The van der Waals surface area contributed by atoms with Crippen LogP contribution in [0.2, 0.25) is 0 Å². The predicted octanol–water partition coefficient (Wildman–Crippen LogP) is 3.26. The largest absolute Gasteiger partial charge is 0.508 e. The van der Waals surface area contributed by atoms with Crippen molar-refractivity contribution in [2.45, 2.75) is 52.1 Å². The molecule has 0 aromatic heterocycles. The van der Waals surface area contributed by atoms with Gasteiger partial charge in [-0.15, -0.1) is 0 Å². The second kappa shape index (κ2) is 5.93. The minimum absolute atomic E-state index is 0.236. The number of rotatable bonds is 5. The molecule has 106 valence electrons. The van der Waals surface area contributed by atoms with Crippen LogP contribution in [0.1, 0.15) is 55.8 Å². The number of benzene rings is 1. The summed E-state index contributed by atoms with van der Waals surface area (Å²) < 4.78 is 5.45. The fourth-order valence-corrected chi connectivity index (χ4v) is 3.18. The van der Waals surface area contributed by atoms with Crippen LogP contribution in [0.25, 0.3) is 0 Å². The molecule has 0 heterocycles. The molecule has 0 amide bonds. The molecule has 1 aromatic rings. The van der Waals surface area contributed by atoms with Gasteiger partial charge >= 0.3 is 0 Å². The molecule has 0 fully saturated rings. The standard InChI is InChI=1S/C16H25NO2/c1-5-19-9-12(4)17-13-8-11(3)15-10(2)6-7-14(18)16(13)15/h6-7,11-13,17-18H,5,8-9H2,1-4H3. The number of aryl methyl sites for hydroxylation is 1. The average molecular weight is 263 g/mol. The summed E-state index contributed by atoms with van der Waals surface area (Å²) >= 11 is 0. The molecule has 3 unspecified atom stereocenters. The van der Waals surface area contributed by atoms with Crippen LogP contribution in [0, 0.1) is 6.92 Å². The van der Waals surface area contributed by atoms with Gasteiger partial charge in [0.2, 0.25) is 0 Å². The lowest BCUT2D eigenvalue weighted by molar-refractivity contribution is 0.123. The molecule has 3 atom stereocenters. The van der Waals surface area contributed by atoms with Crippen molar-refractivity contribution in [2.24, 2.45) is 0 Å². The summed E-state index contributed by atoms with van der Waals surface area (Å²) in [6.07, 6.45) is 1.05. The predicted molar refractivity (Wildman–Crippen MR) is 77.7 cm³/mol. The molecule has 19 heavy (non-hydrogen) atoms. The summed E-state index contributed by atoms with van der Waals surface area (Å²) in [5.41, 5.74) is 3.69. The zero-order valence-corrected chi connectivity index (χ0v) is 12.4. The fourth-order valence-electron chi connectivity index (χ4n) is 3.18. The smallest absolute Gasteiger partial charge is 0.120 e. The molecule has 1 aromatic carbocycles. The number of ether oxygens (including phenoxy) is 1. The molecular formula is C16H25NO2. The molecule has 1 aliphatic carbocycles. The van der Waals surface area contributed by atoms with Crippen molar-refractivity contribution in [1.82, 2.24) is 5.32 Å². The van der Waals surface area contributed by atoms with Gasteiger partial charge in [0.15, 0.2) is 0 Å². The van der Waals surface area contributed by atoms with E-state index in [1.54, 1.807) is 0 Å². The topological polar surface area (TPSA) is 41.5 Å². The Kier molecular flexibility index (Phi) is 4.48. The van der Waals surface area contributed by atoms with Crippen LogP contribution in [0.4, 0.5) is 0 Å². The molecule has 2 N–H and O–H groups in total. The highest BCUT2D eigenvalue weighted by molar-refractivity contribution is 5.50. The lowest BCUT2D eigenvalue weighted by Crippen LogP contribution is -2.33. The van der Waals surface area contributed by atoms with E-state index in [9.17, 15) is 5.11 Å². The normalized spacial score (nSPS) is 23.4. The Labute approximate surface area is 116 Å². The maximum atomic E-state index is 10.2. The summed E-state index contributed by atoms with van der Waals surface area (Å²) in [6, 6.07) is 4.36. The first-order chi connectivity index (χ1) is 9.04. The van der Waals surface area contributed by atoms with Gasteiger partial charge in [0.1, 0.15) is 5.75 Å². The minimum atomic E-state index is 0.236. The Morgan fingerprint density at radius 2 is 2.16 bits per heavy atom. The first kappa shape index (κ1) is 14.4. The molecule has 2 rings (SSSR count). The van der Waals surface area contributed by atoms with Crippen LogP contribution >= 0.6 is 0 Å². The third-order valence-electron chi connectivity index (χ3n) is 3.97. The summed E-state index contributed by atoms with van der Waals surface area (Å²) in [5.74, 6) is 0.921. The highest BCUT2D eigenvalue weighted by Gasteiger charge is 2.32. The number of phenolic OH excluding ortho intramolecular Hbond substituents is 1. The number of phenols is 1. The van der Waals surface area contributed by atoms with Crippen LogP contribution in [-0.4, -0.2) is 24.4 Å². The number of hydrogen-bond donors (Lipinski definition) is 2. The molecule has 0 bridgehead atoms. The number of hydrogen-bond acceptors (Lipinski definition) is 3. The SMILES string of the molecule is CCOCC(C)NC1CC(C)c2c(C)ccc(O)c21. The second-order valence-electron chi connectivity index (χ2n) is 5.65. The fraction of sp³-hybridized carbons (Fsp3) is 0.625. The first-order valence-corrected chi connectivity index (χ1v) is 7.20. The first-order valence-electron chi connectivity index (χ1n) is 7.20. The summed E-state index contributed by atoms with van der Waals surface area (Å²) in [4.78, 5) is 0. The summed E-state index contributed by atoms with van der Waals surface area (Å²) in [6.45, 7) is 9.96. The van der Waals surface area contributed by atoms with Gasteiger partial charge in [0, 0.05) is 24.3 Å². The Balaban J connectivity index is 2.17. The van der Waals surface area contributed by atoms with Crippen molar-refractivity contribution in [3.63, 3.8) is 0 Å². The Morgan fingerprint density at radius 1 is 1.42 bits per heavy atom. The van der Waals surface area contributed by atoms with E-state index in [1.807, 2.05) is 19.1 Å². The van der Waals surface area contributed by atoms with Crippen molar-refractivity contribution in [2.75, 3.05) is 13.2 Å². The van der Waals surface area contributed by atoms with E-state index in [1.165, 1.54) is 11.1 Å². The zero-order valence-electron chi connectivity index (χ0n) is 12.4.